The number of aromatic nitrogens is 2. The van der Waals surface area contributed by atoms with Crippen molar-refractivity contribution >= 4 is 13.5 Å². The van der Waals surface area contributed by atoms with Crippen LogP contribution in [0, 0.1) is 6.92 Å². The zero-order chi connectivity index (χ0) is 12.1. The van der Waals surface area contributed by atoms with Crippen LogP contribution < -0.4 is 11.2 Å². The standard InChI is InChI=1S/C10H16N2O4.H2S/c1-7-4-12(10(14)11-9(7)13)5-8(16-3)6-15-2;/h4,8H,5-6H2,1-3H3,(H,11,13,14);1H2/t8-;/m0./s1. The summed E-state index contributed by atoms with van der Waals surface area (Å²) in [7, 11) is 3.11. The van der Waals surface area contributed by atoms with Gasteiger partial charge in [0, 0.05) is 26.0 Å². The minimum Gasteiger partial charge on any atom is -0.382 e. The van der Waals surface area contributed by atoms with Gasteiger partial charge in [0.2, 0.25) is 0 Å². The molecule has 1 atom stereocenters. The predicted octanol–water partition coefficient (Wildman–Crippen LogP) is -0.381. The van der Waals surface area contributed by atoms with Gasteiger partial charge in [-0.25, -0.2) is 4.79 Å². The molecule has 0 aromatic carbocycles. The lowest BCUT2D eigenvalue weighted by Crippen LogP contribution is -2.35. The summed E-state index contributed by atoms with van der Waals surface area (Å²) in [6.07, 6.45) is 1.30. The maximum absolute atomic E-state index is 11.5. The Morgan fingerprint density at radius 1 is 1.41 bits per heavy atom. The highest BCUT2D eigenvalue weighted by Crippen LogP contribution is 1.95. The number of H-pyrrole nitrogens is 1. The molecule has 1 N–H and O–H groups in total. The highest BCUT2D eigenvalue weighted by Gasteiger charge is 2.09. The van der Waals surface area contributed by atoms with Crippen molar-refractivity contribution in [1.29, 1.82) is 0 Å². The largest absolute Gasteiger partial charge is 0.382 e. The van der Waals surface area contributed by atoms with Crippen LogP contribution in [0.1, 0.15) is 5.56 Å². The maximum atomic E-state index is 11.5. The Bertz CT molecular complexity index is 454. The summed E-state index contributed by atoms with van der Waals surface area (Å²) < 4.78 is 11.5. The minimum absolute atomic E-state index is 0. The molecule has 1 rings (SSSR count). The molecule has 1 heterocycles. The van der Waals surface area contributed by atoms with Crippen LogP contribution in [0.15, 0.2) is 15.8 Å². The van der Waals surface area contributed by atoms with Crippen LogP contribution in [0.25, 0.3) is 0 Å². The van der Waals surface area contributed by atoms with Gasteiger partial charge in [0.05, 0.1) is 19.3 Å². The maximum Gasteiger partial charge on any atom is 0.328 e. The predicted molar refractivity (Wildman–Crippen MR) is 69.1 cm³/mol. The molecule has 0 aliphatic carbocycles. The van der Waals surface area contributed by atoms with Gasteiger partial charge in [0.1, 0.15) is 0 Å². The highest BCUT2D eigenvalue weighted by atomic mass is 32.1. The average molecular weight is 262 g/mol. The fourth-order valence-electron chi connectivity index (χ4n) is 1.35. The quantitative estimate of drug-likeness (QED) is 0.785. The highest BCUT2D eigenvalue weighted by molar-refractivity contribution is 7.59. The number of hydrogen-bond acceptors (Lipinski definition) is 4. The monoisotopic (exact) mass is 262 g/mol. The molecule has 0 aliphatic rings. The van der Waals surface area contributed by atoms with Crippen molar-refractivity contribution in [3.8, 4) is 0 Å². The van der Waals surface area contributed by atoms with E-state index in [0.29, 0.717) is 18.7 Å². The third kappa shape index (κ3) is 4.37. The van der Waals surface area contributed by atoms with Gasteiger partial charge in [-0.05, 0) is 6.92 Å². The first-order valence-corrected chi connectivity index (χ1v) is 4.90. The SMILES string of the molecule is COC[C@H](Cn1cc(C)c(=O)[nH]c1=O)OC.S. The fraction of sp³-hybridized carbons (Fsp3) is 0.600. The van der Waals surface area contributed by atoms with Crippen LogP contribution in [-0.2, 0) is 16.0 Å². The first-order chi connectivity index (χ1) is 7.58. The van der Waals surface area contributed by atoms with Crippen molar-refractivity contribution in [3.05, 3.63) is 32.6 Å². The summed E-state index contributed by atoms with van der Waals surface area (Å²) in [5.41, 5.74) is -0.303. The van der Waals surface area contributed by atoms with Crippen LogP contribution >= 0.6 is 13.5 Å². The molecule has 0 spiro atoms. The first-order valence-electron chi connectivity index (χ1n) is 4.90. The third-order valence-corrected chi connectivity index (χ3v) is 2.28. The van der Waals surface area contributed by atoms with E-state index in [4.69, 9.17) is 9.47 Å². The van der Waals surface area contributed by atoms with Crippen molar-refractivity contribution in [3.63, 3.8) is 0 Å². The summed E-state index contributed by atoms with van der Waals surface area (Å²) in [5, 5.41) is 0. The van der Waals surface area contributed by atoms with Gasteiger partial charge in [0.25, 0.3) is 5.56 Å². The van der Waals surface area contributed by atoms with Crippen LogP contribution in [0.2, 0.25) is 0 Å². The van der Waals surface area contributed by atoms with E-state index < -0.39 is 5.69 Å². The number of hydrogen-bond donors (Lipinski definition) is 1. The normalized spacial score (nSPS) is 11.9. The number of aromatic amines is 1. The summed E-state index contributed by atoms with van der Waals surface area (Å²) in [6.45, 7) is 2.38. The zero-order valence-electron chi connectivity index (χ0n) is 10.1. The van der Waals surface area contributed by atoms with Crippen molar-refractivity contribution < 1.29 is 9.47 Å². The molecule has 7 heteroatoms. The van der Waals surface area contributed by atoms with Crippen molar-refractivity contribution in [2.45, 2.75) is 19.6 Å². The molecule has 0 radical (unpaired) electrons. The molecule has 0 amide bonds. The van der Waals surface area contributed by atoms with Crippen LogP contribution in [-0.4, -0.2) is 36.5 Å². The lowest BCUT2D eigenvalue weighted by Gasteiger charge is -2.15. The Kier molecular flexibility index (Phi) is 6.86. The number of aryl methyl sites for hydroxylation is 1. The molecule has 0 saturated carbocycles. The van der Waals surface area contributed by atoms with E-state index in [0.717, 1.165) is 0 Å². The lowest BCUT2D eigenvalue weighted by atomic mass is 10.3. The van der Waals surface area contributed by atoms with Crippen LogP contribution in [0.5, 0.6) is 0 Å². The van der Waals surface area contributed by atoms with Crippen molar-refractivity contribution in [2.24, 2.45) is 0 Å². The topological polar surface area (TPSA) is 73.3 Å². The van der Waals surface area contributed by atoms with Gasteiger partial charge in [-0.15, -0.1) is 0 Å². The van der Waals surface area contributed by atoms with Crippen molar-refractivity contribution in [2.75, 3.05) is 20.8 Å². The van der Waals surface area contributed by atoms with Gasteiger partial charge in [-0.2, -0.15) is 13.5 Å². The van der Waals surface area contributed by atoms with Gasteiger partial charge >= 0.3 is 5.69 Å². The number of nitrogens with zero attached hydrogens (tertiary/aromatic N) is 1. The summed E-state index contributed by atoms with van der Waals surface area (Å²) in [4.78, 5) is 24.8. The van der Waals surface area contributed by atoms with E-state index >= 15 is 0 Å². The van der Waals surface area contributed by atoms with Gasteiger partial charge in [-0.3, -0.25) is 14.3 Å². The molecule has 0 bridgehead atoms. The Morgan fingerprint density at radius 2 is 2.06 bits per heavy atom. The fourth-order valence-corrected chi connectivity index (χ4v) is 1.35. The molecular weight excluding hydrogens is 244 g/mol. The van der Waals surface area contributed by atoms with Crippen LogP contribution in [0.4, 0.5) is 0 Å². The van der Waals surface area contributed by atoms with Crippen molar-refractivity contribution in [1.82, 2.24) is 9.55 Å². The molecule has 6 nitrogen and oxygen atoms in total. The molecule has 1 aromatic heterocycles. The van der Waals surface area contributed by atoms with E-state index in [1.807, 2.05) is 0 Å². The Labute approximate surface area is 106 Å². The third-order valence-electron chi connectivity index (χ3n) is 2.28. The first kappa shape index (κ1) is 16.0. The van der Waals surface area contributed by atoms with Crippen LogP contribution in [0.3, 0.4) is 0 Å². The summed E-state index contributed by atoms with van der Waals surface area (Å²) in [6, 6.07) is 0. The second kappa shape index (κ2) is 7.31. The smallest absolute Gasteiger partial charge is 0.328 e. The number of rotatable bonds is 5. The van der Waals surface area contributed by atoms with Gasteiger partial charge < -0.3 is 9.47 Å². The Hall–Kier alpha value is -1.05. The molecule has 98 valence electrons. The molecule has 1 aromatic rings. The van der Waals surface area contributed by atoms with E-state index in [9.17, 15) is 9.59 Å². The number of nitrogens with one attached hydrogen (secondary N) is 1. The summed E-state index contributed by atoms with van der Waals surface area (Å²) in [5.74, 6) is 0. The second-order valence-electron chi connectivity index (χ2n) is 3.54. The molecular formula is C10H18N2O4S. The van der Waals surface area contributed by atoms with E-state index in [1.54, 1.807) is 21.1 Å². The van der Waals surface area contributed by atoms with E-state index in [2.05, 4.69) is 4.98 Å². The zero-order valence-corrected chi connectivity index (χ0v) is 11.1. The molecule has 0 fully saturated rings. The van der Waals surface area contributed by atoms with E-state index in [-0.39, 0.29) is 25.2 Å². The molecule has 0 saturated heterocycles. The Balaban J connectivity index is 0.00000256. The second-order valence-corrected chi connectivity index (χ2v) is 3.54. The average Bonchev–Trinajstić information content (AvgIpc) is 2.25. The Morgan fingerprint density at radius 3 is 2.59 bits per heavy atom. The van der Waals surface area contributed by atoms with Gasteiger partial charge in [0.15, 0.2) is 0 Å². The van der Waals surface area contributed by atoms with E-state index in [1.165, 1.54) is 10.8 Å². The lowest BCUT2D eigenvalue weighted by molar-refractivity contribution is 0.0175. The minimum atomic E-state index is -0.436. The van der Waals surface area contributed by atoms with Gasteiger partial charge in [-0.1, -0.05) is 0 Å². The number of ether oxygens (including phenoxy) is 2. The molecule has 0 aliphatic heterocycles. The molecule has 17 heavy (non-hydrogen) atoms. The molecule has 0 unspecified atom stereocenters. The summed E-state index contributed by atoms with van der Waals surface area (Å²) >= 11 is 0. The number of methoxy groups -OCH3 is 2.